The van der Waals surface area contributed by atoms with Crippen LogP contribution in [0.25, 0.3) is 0 Å². The molecule has 0 bridgehead atoms. The van der Waals surface area contributed by atoms with Crippen molar-refractivity contribution in [3.8, 4) is 0 Å². The fourth-order valence-corrected chi connectivity index (χ4v) is 2.19. The summed E-state index contributed by atoms with van der Waals surface area (Å²) in [7, 11) is 0. The van der Waals surface area contributed by atoms with Crippen LogP contribution in [-0.2, 0) is 19.2 Å². The number of hydrogen-bond acceptors (Lipinski definition) is 7. The topological polar surface area (TPSA) is 197 Å². The maximum atomic E-state index is 12.2. The summed E-state index contributed by atoms with van der Waals surface area (Å²) in [5, 5.41) is 25.6. The molecule has 3 amide bonds. The molecule has 162 valence electrons. The van der Waals surface area contributed by atoms with Crippen LogP contribution in [0, 0.1) is 5.92 Å². The highest BCUT2D eigenvalue weighted by atomic mass is 16.4. The minimum Gasteiger partial charge on any atom is -0.480 e. The van der Waals surface area contributed by atoms with Crippen LogP contribution in [0.3, 0.4) is 0 Å². The normalized spacial score (nSPS) is 15.2. The van der Waals surface area contributed by atoms with E-state index in [0.717, 1.165) is 0 Å². The van der Waals surface area contributed by atoms with Gasteiger partial charge in [0, 0.05) is 0 Å². The van der Waals surface area contributed by atoms with Crippen LogP contribution in [0.5, 0.6) is 0 Å². The Morgan fingerprint density at radius 3 is 1.93 bits per heavy atom. The Labute approximate surface area is 164 Å². The van der Waals surface area contributed by atoms with Gasteiger partial charge in [0.2, 0.25) is 17.7 Å². The van der Waals surface area contributed by atoms with Crippen LogP contribution in [0.4, 0.5) is 0 Å². The molecule has 9 N–H and O–H groups in total. The van der Waals surface area contributed by atoms with Crippen molar-refractivity contribution >= 4 is 23.7 Å². The number of unbranched alkanes of at least 4 members (excludes halogenated alkanes) is 1. The quantitative estimate of drug-likeness (QED) is 0.166. The fraction of sp³-hybridized carbons (Fsp3) is 0.765. The summed E-state index contributed by atoms with van der Waals surface area (Å²) in [6.07, 6.45) is 1.28. The van der Waals surface area contributed by atoms with Gasteiger partial charge in [0.1, 0.15) is 18.1 Å². The van der Waals surface area contributed by atoms with Gasteiger partial charge in [-0.25, -0.2) is 4.79 Å². The highest BCUT2D eigenvalue weighted by Crippen LogP contribution is 2.02. The van der Waals surface area contributed by atoms with Gasteiger partial charge in [0.05, 0.1) is 12.6 Å². The SMILES string of the molecule is CC(NC(=O)C(N)C(C)C)C(=O)NC(CO)C(=O)NC(CCCCN)C(=O)O. The van der Waals surface area contributed by atoms with Gasteiger partial charge in [-0.2, -0.15) is 0 Å². The fourth-order valence-electron chi connectivity index (χ4n) is 2.19. The number of aliphatic hydroxyl groups excluding tert-OH is 1. The van der Waals surface area contributed by atoms with Crippen molar-refractivity contribution in [3.05, 3.63) is 0 Å². The zero-order valence-corrected chi connectivity index (χ0v) is 16.6. The second-order valence-corrected chi connectivity index (χ2v) is 6.93. The summed E-state index contributed by atoms with van der Waals surface area (Å²) in [6, 6.07) is -4.32. The minimum absolute atomic E-state index is 0.126. The van der Waals surface area contributed by atoms with Gasteiger partial charge in [-0.15, -0.1) is 0 Å². The zero-order chi connectivity index (χ0) is 21.9. The highest BCUT2D eigenvalue weighted by molar-refractivity contribution is 5.93. The number of nitrogens with two attached hydrogens (primary N) is 2. The molecule has 0 aliphatic carbocycles. The predicted octanol–water partition coefficient (Wildman–Crippen LogP) is -2.35. The Morgan fingerprint density at radius 2 is 1.46 bits per heavy atom. The number of aliphatic carboxylic acids is 1. The molecule has 0 spiro atoms. The van der Waals surface area contributed by atoms with E-state index in [1.807, 2.05) is 0 Å². The average molecular weight is 403 g/mol. The number of carboxylic acids is 1. The Balaban J connectivity index is 4.79. The van der Waals surface area contributed by atoms with Gasteiger partial charge in [0.25, 0.3) is 0 Å². The van der Waals surface area contributed by atoms with Crippen molar-refractivity contribution in [2.75, 3.05) is 13.2 Å². The van der Waals surface area contributed by atoms with E-state index in [4.69, 9.17) is 11.5 Å². The molecule has 0 aromatic heterocycles. The van der Waals surface area contributed by atoms with E-state index in [-0.39, 0.29) is 12.3 Å². The number of aliphatic hydroxyl groups is 1. The standard InChI is InChI=1S/C17H33N5O6/c1-9(2)13(19)16(26)20-10(3)14(24)22-12(8-23)15(25)21-11(17(27)28)6-4-5-7-18/h9-13,23H,4-8,18-19H2,1-3H3,(H,20,26)(H,21,25)(H,22,24)(H,27,28). The Morgan fingerprint density at radius 1 is 0.893 bits per heavy atom. The molecule has 0 heterocycles. The largest absolute Gasteiger partial charge is 0.480 e. The van der Waals surface area contributed by atoms with Crippen molar-refractivity contribution in [1.29, 1.82) is 0 Å². The Hall–Kier alpha value is -2.24. The molecule has 0 aromatic rings. The van der Waals surface area contributed by atoms with Crippen molar-refractivity contribution in [2.24, 2.45) is 17.4 Å². The van der Waals surface area contributed by atoms with Crippen molar-refractivity contribution in [1.82, 2.24) is 16.0 Å². The maximum Gasteiger partial charge on any atom is 0.326 e. The lowest BCUT2D eigenvalue weighted by Crippen LogP contribution is -2.57. The molecule has 0 aliphatic heterocycles. The first-order valence-corrected chi connectivity index (χ1v) is 9.25. The second-order valence-electron chi connectivity index (χ2n) is 6.93. The van der Waals surface area contributed by atoms with Crippen molar-refractivity contribution < 1.29 is 29.4 Å². The average Bonchev–Trinajstić information content (AvgIpc) is 2.63. The first kappa shape index (κ1) is 25.8. The molecule has 0 aliphatic rings. The van der Waals surface area contributed by atoms with Crippen LogP contribution in [0.1, 0.15) is 40.0 Å². The van der Waals surface area contributed by atoms with Crippen LogP contribution < -0.4 is 27.4 Å². The summed E-state index contributed by atoms with van der Waals surface area (Å²) in [4.78, 5) is 47.6. The molecular weight excluding hydrogens is 370 g/mol. The summed E-state index contributed by atoms with van der Waals surface area (Å²) >= 11 is 0. The number of carbonyl (C=O) groups is 4. The third kappa shape index (κ3) is 9.11. The van der Waals surface area contributed by atoms with E-state index >= 15 is 0 Å². The predicted molar refractivity (Wildman–Crippen MR) is 102 cm³/mol. The molecule has 28 heavy (non-hydrogen) atoms. The number of carboxylic acid groups (broad SMARTS) is 1. The van der Waals surface area contributed by atoms with E-state index in [0.29, 0.717) is 19.4 Å². The lowest BCUT2D eigenvalue weighted by molar-refractivity contribution is -0.142. The van der Waals surface area contributed by atoms with E-state index in [1.165, 1.54) is 6.92 Å². The molecule has 11 heteroatoms. The van der Waals surface area contributed by atoms with Crippen LogP contribution in [-0.4, -0.2) is 71.2 Å². The van der Waals surface area contributed by atoms with Gasteiger partial charge in [-0.1, -0.05) is 13.8 Å². The van der Waals surface area contributed by atoms with E-state index in [1.54, 1.807) is 13.8 Å². The van der Waals surface area contributed by atoms with Crippen molar-refractivity contribution in [2.45, 2.75) is 64.2 Å². The summed E-state index contributed by atoms with van der Waals surface area (Å²) < 4.78 is 0. The molecule has 0 saturated carbocycles. The number of nitrogens with one attached hydrogen (secondary N) is 3. The number of rotatable bonds is 13. The van der Waals surface area contributed by atoms with E-state index < -0.39 is 54.5 Å². The van der Waals surface area contributed by atoms with Crippen LogP contribution in [0.15, 0.2) is 0 Å². The number of hydrogen-bond donors (Lipinski definition) is 7. The molecule has 0 aromatic carbocycles. The summed E-state index contributed by atoms with van der Waals surface area (Å²) in [5.41, 5.74) is 11.1. The third-order valence-electron chi connectivity index (χ3n) is 4.15. The molecule has 4 atom stereocenters. The molecule has 0 rings (SSSR count). The zero-order valence-electron chi connectivity index (χ0n) is 16.6. The Bertz CT molecular complexity index is 542. The lowest BCUT2D eigenvalue weighted by Gasteiger charge is -2.23. The van der Waals surface area contributed by atoms with Gasteiger partial charge in [-0.3, -0.25) is 14.4 Å². The smallest absolute Gasteiger partial charge is 0.326 e. The first-order valence-electron chi connectivity index (χ1n) is 9.25. The molecule has 0 fully saturated rings. The second kappa shape index (κ2) is 13.0. The third-order valence-corrected chi connectivity index (χ3v) is 4.15. The summed E-state index contributed by atoms with van der Waals surface area (Å²) in [6.45, 7) is 4.58. The molecular formula is C17H33N5O6. The van der Waals surface area contributed by atoms with Gasteiger partial charge >= 0.3 is 5.97 Å². The Kier molecular flexibility index (Phi) is 12.0. The van der Waals surface area contributed by atoms with Gasteiger partial charge in [-0.05, 0) is 38.6 Å². The molecule has 0 radical (unpaired) electrons. The minimum atomic E-state index is -1.36. The van der Waals surface area contributed by atoms with E-state index in [2.05, 4.69) is 16.0 Å². The highest BCUT2D eigenvalue weighted by Gasteiger charge is 2.28. The van der Waals surface area contributed by atoms with Gasteiger partial charge < -0.3 is 37.6 Å². The molecule has 4 unspecified atom stereocenters. The van der Waals surface area contributed by atoms with E-state index in [9.17, 15) is 29.4 Å². The molecule has 0 saturated heterocycles. The molecule has 11 nitrogen and oxygen atoms in total. The van der Waals surface area contributed by atoms with Crippen molar-refractivity contribution in [3.63, 3.8) is 0 Å². The maximum absolute atomic E-state index is 12.2. The first-order chi connectivity index (χ1) is 13.0. The lowest BCUT2D eigenvalue weighted by atomic mass is 10.0. The summed E-state index contributed by atoms with van der Waals surface area (Å²) in [5.74, 6) is -3.43. The monoisotopic (exact) mass is 403 g/mol. The van der Waals surface area contributed by atoms with Crippen LogP contribution in [0.2, 0.25) is 0 Å². The number of carbonyl (C=O) groups excluding carboxylic acids is 3. The van der Waals surface area contributed by atoms with Crippen LogP contribution >= 0.6 is 0 Å². The van der Waals surface area contributed by atoms with Gasteiger partial charge in [0.15, 0.2) is 0 Å². The number of amides is 3.